The third-order valence-electron chi connectivity index (χ3n) is 6.17. The van der Waals surface area contributed by atoms with Gasteiger partial charge < -0.3 is 9.47 Å². The SMILES string of the molecule is CCOc1ccc(C2CCC(C3CCC(C#C[Si](C)(C)C)OC3)CC2)c(F)c1F. The van der Waals surface area contributed by atoms with Crippen molar-refractivity contribution in [2.24, 2.45) is 11.8 Å². The Morgan fingerprint density at radius 3 is 2.28 bits per heavy atom. The largest absolute Gasteiger partial charge is 0.491 e. The van der Waals surface area contributed by atoms with Gasteiger partial charge in [0.25, 0.3) is 0 Å². The lowest BCUT2D eigenvalue weighted by molar-refractivity contribution is -0.0106. The summed E-state index contributed by atoms with van der Waals surface area (Å²) in [7, 11) is -1.35. The number of benzene rings is 1. The lowest BCUT2D eigenvalue weighted by atomic mass is 9.72. The van der Waals surface area contributed by atoms with Crippen LogP contribution in [-0.4, -0.2) is 27.4 Å². The molecule has 0 amide bonds. The van der Waals surface area contributed by atoms with Gasteiger partial charge in [0.2, 0.25) is 5.82 Å². The molecule has 0 bridgehead atoms. The normalized spacial score (nSPS) is 27.8. The second kappa shape index (κ2) is 9.62. The summed E-state index contributed by atoms with van der Waals surface area (Å²) >= 11 is 0. The average molecular weight is 421 g/mol. The summed E-state index contributed by atoms with van der Waals surface area (Å²) in [6.07, 6.45) is 6.19. The van der Waals surface area contributed by atoms with E-state index in [1.54, 1.807) is 19.1 Å². The fraction of sp³-hybridized carbons (Fsp3) is 0.667. The Balaban J connectivity index is 1.53. The van der Waals surface area contributed by atoms with E-state index in [1.807, 2.05) is 0 Å². The number of hydrogen-bond donors (Lipinski definition) is 0. The first-order chi connectivity index (χ1) is 13.8. The minimum atomic E-state index is -1.35. The van der Waals surface area contributed by atoms with Gasteiger partial charge in [-0.3, -0.25) is 0 Å². The first kappa shape index (κ1) is 22.3. The molecule has 2 unspecified atom stereocenters. The zero-order chi connectivity index (χ0) is 21.0. The van der Waals surface area contributed by atoms with Crippen molar-refractivity contribution in [1.82, 2.24) is 0 Å². The lowest BCUT2D eigenvalue weighted by Gasteiger charge is -2.37. The molecule has 2 aliphatic rings. The smallest absolute Gasteiger partial charge is 0.200 e. The first-order valence-electron chi connectivity index (χ1n) is 11.0. The van der Waals surface area contributed by atoms with Gasteiger partial charge in [-0.25, -0.2) is 4.39 Å². The van der Waals surface area contributed by atoms with Crippen LogP contribution >= 0.6 is 0 Å². The molecule has 0 radical (unpaired) electrons. The van der Waals surface area contributed by atoms with Crippen molar-refractivity contribution in [3.63, 3.8) is 0 Å². The Hall–Kier alpha value is -1.38. The van der Waals surface area contributed by atoms with Gasteiger partial charge in [0.1, 0.15) is 14.2 Å². The molecule has 1 heterocycles. The maximum Gasteiger partial charge on any atom is 0.200 e. The van der Waals surface area contributed by atoms with Gasteiger partial charge in [-0.05, 0) is 74.8 Å². The highest BCUT2D eigenvalue weighted by Crippen LogP contribution is 2.42. The van der Waals surface area contributed by atoms with Gasteiger partial charge in [-0.2, -0.15) is 4.39 Å². The number of hydrogen-bond acceptors (Lipinski definition) is 2. The van der Waals surface area contributed by atoms with Crippen molar-refractivity contribution in [2.75, 3.05) is 13.2 Å². The molecule has 2 fully saturated rings. The molecule has 1 aromatic carbocycles. The summed E-state index contributed by atoms with van der Waals surface area (Å²) in [5.41, 5.74) is 3.93. The summed E-state index contributed by atoms with van der Waals surface area (Å²) in [6, 6.07) is 3.28. The summed E-state index contributed by atoms with van der Waals surface area (Å²) < 4.78 is 40.0. The van der Waals surface area contributed by atoms with E-state index in [-0.39, 0.29) is 17.8 Å². The molecule has 1 saturated carbocycles. The standard InChI is InChI=1S/C24H34F2O2Si/c1-5-27-22-13-12-21(23(25)24(22)26)18-8-6-17(7-9-18)19-10-11-20(28-16-19)14-15-29(2,3)4/h12-13,17-20H,5-11,16H2,1-4H3. The van der Waals surface area contributed by atoms with Gasteiger partial charge in [-0.1, -0.05) is 31.6 Å². The van der Waals surface area contributed by atoms with Crippen LogP contribution in [-0.2, 0) is 4.74 Å². The van der Waals surface area contributed by atoms with Crippen LogP contribution in [0.5, 0.6) is 5.75 Å². The number of rotatable bonds is 4. The molecule has 1 aliphatic heterocycles. The molecule has 5 heteroatoms. The van der Waals surface area contributed by atoms with E-state index in [2.05, 4.69) is 31.1 Å². The molecular weight excluding hydrogens is 386 g/mol. The summed E-state index contributed by atoms with van der Waals surface area (Å²) in [6.45, 7) is 9.64. The van der Waals surface area contributed by atoms with Crippen LogP contribution in [0.4, 0.5) is 8.78 Å². The van der Waals surface area contributed by atoms with Crippen molar-refractivity contribution < 1.29 is 18.3 Å². The van der Waals surface area contributed by atoms with Gasteiger partial charge in [0, 0.05) is 0 Å². The molecular formula is C24H34F2O2Si. The van der Waals surface area contributed by atoms with Crippen LogP contribution in [0, 0.1) is 34.9 Å². The predicted molar refractivity (Wildman–Crippen MR) is 116 cm³/mol. The first-order valence-corrected chi connectivity index (χ1v) is 14.5. The molecule has 0 spiro atoms. The molecule has 0 N–H and O–H groups in total. The van der Waals surface area contributed by atoms with E-state index in [9.17, 15) is 8.78 Å². The van der Waals surface area contributed by atoms with E-state index >= 15 is 0 Å². The van der Waals surface area contributed by atoms with Crippen molar-refractivity contribution in [2.45, 2.75) is 77.1 Å². The van der Waals surface area contributed by atoms with Crippen LogP contribution in [0.1, 0.15) is 56.9 Å². The average Bonchev–Trinajstić information content (AvgIpc) is 2.70. The highest BCUT2D eigenvalue weighted by Gasteiger charge is 2.33. The number of halogens is 2. The van der Waals surface area contributed by atoms with E-state index in [0.29, 0.717) is 24.0 Å². The Bertz CT molecular complexity index is 747. The quantitative estimate of drug-likeness (QED) is 0.419. The molecule has 2 atom stereocenters. The van der Waals surface area contributed by atoms with Crippen molar-refractivity contribution in [3.05, 3.63) is 29.3 Å². The topological polar surface area (TPSA) is 18.5 Å². The summed E-state index contributed by atoms with van der Waals surface area (Å²) in [5.74, 6) is 3.05. The summed E-state index contributed by atoms with van der Waals surface area (Å²) in [5, 5.41) is 0. The third-order valence-corrected chi connectivity index (χ3v) is 7.07. The molecule has 1 saturated heterocycles. The fourth-order valence-corrected chi connectivity index (χ4v) is 5.18. The Morgan fingerprint density at radius 2 is 1.69 bits per heavy atom. The van der Waals surface area contributed by atoms with E-state index in [4.69, 9.17) is 9.47 Å². The summed E-state index contributed by atoms with van der Waals surface area (Å²) in [4.78, 5) is 0. The zero-order valence-corrected chi connectivity index (χ0v) is 19.2. The van der Waals surface area contributed by atoms with Gasteiger partial charge in [0.15, 0.2) is 11.6 Å². The molecule has 0 aromatic heterocycles. The fourth-order valence-electron chi connectivity index (χ4n) is 4.59. The van der Waals surface area contributed by atoms with E-state index in [0.717, 1.165) is 45.1 Å². The van der Waals surface area contributed by atoms with Crippen LogP contribution in [0.2, 0.25) is 19.6 Å². The van der Waals surface area contributed by atoms with Crippen molar-refractivity contribution in [1.29, 1.82) is 0 Å². The lowest BCUT2D eigenvalue weighted by Crippen LogP contribution is -2.32. The minimum Gasteiger partial charge on any atom is -0.491 e. The van der Waals surface area contributed by atoms with Gasteiger partial charge in [0.05, 0.1) is 13.2 Å². The Kier molecular flexibility index (Phi) is 7.40. The monoisotopic (exact) mass is 420 g/mol. The van der Waals surface area contributed by atoms with Crippen LogP contribution in [0.3, 0.4) is 0 Å². The van der Waals surface area contributed by atoms with Crippen LogP contribution in [0.25, 0.3) is 0 Å². The van der Waals surface area contributed by atoms with Crippen molar-refractivity contribution >= 4 is 8.07 Å². The maximum absolute atomic E-state index is 14.5. The zero-order valence-electron chi connectivity index (χ0n) is 18.2. The van der Waals surface area contributed by atoms with Gasteiger partial charge >= 0.3 is 0 Å². The highest BCUT2D eigenvalue weighted by atomic mass is 28.3. The van der Waals surface area contributed by atoms with E-state index < -0.39 is 19.7 Å². The molecule has 1 aliphatic carbocycles. The Morgan fingerprint density at radius 1 is 1.00 bits per heavy atom. The van der Waals surface area contributed by atoms with Crippen LogP contribution in [0.15, 0.2) is 12.1 Å². The highest BCUT2D eigenvalue weighted by molar-refractivity contribution is 6.83. The second-order valence-corrected chi connectivity index (χ2v) is 14.3. The maximum atomic E-state index is 14.5. The Labute approximate surface area is 175 Å². The molecule has 160 valence electrons. The minimum absolute atomic E-state index is 0.00794. The second-order valence-electron chi connectivity index (χ2n) is 9.50. The molecule has 2 nitrogen and oxygen atoms in total. The van der Waals surface area contributed by atoms with Gasteiger partial charge in [-0.15, -0.1) is 5.54 Å². The predicted octanol–water partition coefficient (Wildman–Crippen LogP) is 6.31. The third kappa shape index (κ3) is 5.83. The molecule has 3 rings (SSSR count). The number of ether oxygens (including phenoxy) is 2. The van der Waals surface area contributed by atoms with Crippen LogP contribution < -0.4 is 4.74 Å². The van der Waals surface area contributed by atoms with Crippen molar-refractivity contribution in [3.8, 4) is 17.2 Å². The molecule has 29 heavy (non-hydrogen) atoms. The molecule has 1 aromatic rings. The van der Waals surface area contributed by atoms with E-state index in [1.165, 1.54) is 0 Å².